The first-order valence-corrected chi connectivity index (χ1v) is 5.53. The fourth-order valence-corrected chi connectivity index (χ4v) is 2.01. The number of carboxylic acid groups (broad SMARTS) is 6. The smallest absolute Gasteiger partial charge is 0.337 e. The van der Waals surface area contributed by atoms with Gasteiger partial charge < -0.3 is 40.2 Å². The molecule has 0 unspecified atom stereocenters. The molecule has 0 fully saturated rings. The lowest BCUT2D eigenvalue weighted by molar-refractivity contribution is -0.255. The molecule has 0 atom stereocenters. The molecule has 0 spiro atoms. The van der Waals surface area contributed by atoms with Crippen LogP contribution in [0.15, 0.2) is 0 Å². The average molecular weight is 340 g/mol. The Hall–Kier alpha value is -3.96. The molecule has 0 aliphatic carbocycles. The van der Waals surface area contributed by atoms with Gasteiger partial charge in [-0.25, -0.2) is 19.2 Å². The Bertz CT molecular complexity index is 633. The van der Waals surface area contributed by atoms with Crippen LogP contribution in [-0.2, 0) is 0 Å². The van der Waals surface area contributed by atoms with Crippen LogP contribution in [0.2, 0.25) is 0 Å². The number of carbonyl (C=O) groups excluding carboxylic acids is 2. The molecule has 0 radical (unpaired) electrons. The second kappa shape index (κ2) is 6.04. The zero-order valence-corrected chi connectivity index (χ0v) is 11.1. The van der Waals surface area contributed by atoms with Crippen molar-refractivity contribution in [2.24, 2.45) is 0 Å². The lowest BCUT2D eigenvalue weighted by Crippen LogP contribution is -2.36. The van der Waals surface area contributed by atoms with Gasteiger partial charge in [0.2, 0.25) is 0 Å². The Balaban J connectivity index is 4.50. The zero-order valence-electron chi connectivity index (χ0n) is 11.1. The van der Waals surface area contributed by atoms with E-state index in [0.29, 0.717) is 0 Å². The first-order chi connectivity index (χ1) is 10.9. The zero-order chi connectivity index (χ0) is 18.9. The predicted octanol–water partition coefficient (Wildman–Crippen LogP) is -2.79. The fourth-order valence-electron chi connectivity index (χ4n) is 2.01. The third-order valence-electron chi connectivity index (χ3n) is 2.76. The lowest BCUT2D eigenvalue weighted by atomic mass is 9.86. The molecule has 12 heteroatoms. The van der Waals surface area contributed by atoms with E-state index in [9.17, 15) is 39.0 Å². The van der Waals surface area contributed by atoms with E-state index in [0.717, 1.165) is 0 Å². The van der Waals surface area contributed by atoms with Gasteiger partial charge in [0.1, 0.15) is 0 Å². The Morgan fingerprint density at radius 1 is 0.458 bits per heavy atom. The van der Waals surface area contributed by atoms with E-state index in [1.165, 1.54) is 0 Å². The number of carboxylic acids is 6. The molecule has 0 heterocycles. The predicted molar refractivity (Wildman–Crippen MR) is 62.9 cm³/mol. The number of hydrogen-bond donors (Lipinski definition) is 4. The van der Waals surface area contributed by atoms with Gasteiger partial charge in [-0.3, -0.25) is 0 Å². The normalized spacial score (nSPS) is 10.0. The molecule has 0 saturated heterocycles. The molecule has 0 amide bonds. The van der Waals surface area contributed by atoms with Crippen LogP contribution in [0.5, 0.6) is 0 Å². The summed E-state index contributed by atoms with van der Waals surface area (Å²) in [5.74, 6) is -14.4. The lowest BCUT2D eigenvalue weighted by Gasteiger charge is -2.20. The van der Waals surface area contributed by atoms with Crippen LogP contribution in [0.25, 0.3) is 0 Å². The number of aromatic carboxylic acids is 6. The van der Waals surface area contributed by atoms with Crippen molar-refractivity contribution in [1.82, 2.24) is 0 Å². The van der Waals surface area contributed by atoms with Crippen LogP contribution in [0.1, 0.15) is 62.1 Å². The molecular weight excluding hydrogens is 336 g/mol. The highest BCUT2D eigenvalue weighted by molar-refractivity contribution is 6.22. The second-order valence-corrected chi connectivity index (χ2v) is 4.05. The van der Waals surface area contributed by atoms with Gasteiger partial charge in [0.15, 0.2) is 0 Å². The van der Waals surface area contributed by atoms with E-state index < -0.39 is 69.2 Å². The van der Waals surface area contributed by atoms with Crippen molar-refractivity contribution in [3.8, 4) is 0 Å². The monoisotopic (exact) mass is 340 g/mol. The third-order valence-corrected chi connectivity index (χ3v) is 2.76. The van der Waals surface area contributed by atoms with E-state index in [2.05, 4.69) is 0 Å². The number of hydrogen-bond acceptors (Lipinski definition) is 8. The summed E-state index contributed by atoms with van der Waals surface area (Å²) in [6.07, 6.45) is 0. The van der Waals surface area contributed by atoms with Gasteiger partial charge in [-0.05, 0) is 0 Å². The SMILES string of the molecule is O=C([O-])c1c(C(=O)O)c(C(=O)[O-])c(C(=O)O)c(C(=O)O)c1C(=O)O. The van der Waals surface area contributed by atoms with Crippen molar-refractivity contribution in [3.63, 3.8) is 0 Å². The number of benzene rings is 1. The molecule has 1 rings (SSSR count). The molecule has 0 aromatic heterocycles. The highest BCUT2D eigenvalue weighted by atomic mass is 16.4. The Labute approximate surface area is 129 Å². The van der Waals surface area contributed by atoms with Gasteiger partial charge in [0.05, 0.1) is 34.2 Å². The average Bonchev–Trinajstić information content (AvgIpc) is 2.42. The van der Waals surface area contributed by atoms with Crippen LogP contribution in [-0.4, -0.2) is 56.2 Å². The molecule has 1 aromatic carbocycles. The van der Waals surface area contributed by atoms with E-state index in [4.69, 9.17) is 20.4 Å². The Morgan fingerprint density at radius 2 is 0.625 bits per heavy atom. The largest absolute Gasteiger partial charge is 0.545 e. The summed E-state index contributed by atoms with van der Waals surface area (Å²) in [7, 11) is 0. The molecule has 4 N–H and O–H groups in total. The first kappa shape index (κ1) is 18.1. The molecule has 12 nitrogen and oxygen atoms in total. The van der Waals surface area contributed by atoms with Crippen molar-refractivity contribution >= 4 is 35.8 Å². The summed E-state index contributed by atoms with van der Waals surface area (Å²) >= 11 is 0. The highest BCUT2D eigenvalue weighted by Gasteiger charge is 2.36. The van der Waals surface area contributed by atoms with Gasteiger partial charge in [-0.1, -0.05) is 0 Å². The topological polar surface area (TPSA) is 229 Å². The van der Waals surface area contributed by atoms with Gasteiger partial charge in [0, 0.05) is 11.1 Å². The summed E-state index contributed by atoms with van der Waals surface area (Å²) in [5.41, 5.74) is -10.6. The van der Waals surface area contributed by atoms with E-state index in [1.807, 2.05) is 0 Å². The fraction of sp³-hybridized carbons (Fsp3) is 0. The van der Waals surface area contributed by atoms with Gasteiger partial charge in [-0.15, -0.1) is 0 Å². The van der Waals surface area contributed by atoms with Crippen molar-refractivity contribution in [1.29, 1.82) is 0 Å². The van der Waals surface area contributed by atoms with Crippen LogP contribution >= 0.6 is 0 Å². The van der Waals surface area contributed by atoms with Gasteiger partial charge >= 0.3 is 23.9 Å². The van der Waals surface area contributed by atoms with Crippen molar-refractivity contribution < 1.29 is 59.4 Å². The third kappa shape index (κ3) is 2.70. The molecule has 126 valence electrons. The minimum atomic E-state index is -2.54. The van der Waals surface area contributed by atoms with Crippen LogP contribution in [0.4, 0.5) is 0 Å². The van der Waals surface area contributed by atoms with Crippen LogP contribution < -0.4 is 10.2 Å². The summed E-state index contributed by atoms with van der Waals surface area (Å²) in [5, 5.41) is 58.1. The second-order valence-electron chi connectivity index (χ2n) is 4.05. The number of rotatable bonds is 6. The van der Waals surface area contributed by atoms with Crippen molar-refractivity contribution in [3.05, 3.63) is 33.4 Å². The molecule has 0 aliphatic rings. The van der Waals surface area contributed by atoms with E-state index in [1.54, 1.807) is 0 Å². The number of carbonyl (C=O) groups is 6. The molecule has 24 heavy (non-hydrogen) atoms. The maximum absolute atomic E-state index is 11.2. The van der Waals surface area contributed by atoms with Crippen LogP contribution in [0.3, 0.4) is 0 Å². The quantitative estimate of drug-likeness (QED) is 0.411. The minimum Gasteiger partial charge on any atom is -0.545 e. The molecule has 0 saturated carbocycles. The Kier molecular flexibility index (Phi) is 4.55. The molecule has 0 bridgehead atoms. The summed E-state index contributed by atoms with van der Waals surface area (Å²) in [6, 6.07) is 0. The summed E-state index contributed by atoms with van der Waals surface area (Å²) < 4.78 is 0. The molecule has 0 aliphatic heterocycles. The summed E-state index contributed by atoms with van der Waals surface area (Å²) in [4.78, 5) is 66.9. The van der Waals surface area contributed by atoms with Crippen molar-refractivity contribution in [2.45, 2.75) is 0 Å². The minimum absolute atomic E-state index is 1.74. The molecular formula is C12H4O12-2. The molecule has 1 aromatic rings. The summed E-state index contributed by atoms with van der Waals surface area (Å²) in [6.45, 7) is 0. The van der Waals surface area contributed by atoms with E-state index in [-0.39, 0.29) is 0 Å². The van der Waals surface area contributed by atoms with Crippen LogP contribution in [0, 0.1) is 0 Å². The first-order valence-electron chi connectivity index (χ1n) is 5.53. The maximum atomic E-state index is 11.2. The van der Waals surface area contributed by atoms with E-state index >= 15 is 0 Å². The maximum Gasteiger partial charge on any atom is 0.337 e. The standard InChI is InChI=1S/C12H6O12/c13-7(14)1-2(8(15)16)4(10(19)20)6(12(23)24)5(11(21)22)3(1)9(17)18/h(H,13,14)(H,15,16)(H,17,18)(H,19,20)(H,21,22)(H,23,24)/p-2. The van der Waals surface area contributed by atoms with Gasteiger partial charge in [0.25, 0.3) is 0 Å². The van der Waals surface area contributed by atoms with Gasteiger partial charge in [-0.2, -0.15) is 0 Å². The van der Waals surface area contributed by atoms with Crippen molar-refractivity contribution in [2.75, 3.05) is 0 Å². The highest BCUT2D eigenvalue weighted by Crippen LogP contribution is 2.29. The Morgan fingerprint density at radius 3 is 0.792 bits per heavy atom.